The Kier molecular flexibility index (Phi) is 7.99. The van der Waals surface area contributed by atoms with Gasteiger partial charge in [0.15, 0.2) is 5.82 Å². The highest BCUT2D eigenvalue weighted by Gasteiger charge is 2.15. The maximum Gasteiger partial charge on any atom is 0.240 e. The molecule has 0 saturated carbocycles. The number of benzene rings is 2. The molecule has 1 amide bonds. The second-order valence-electron chi connectivity index (χ2n) is 8.55. The predicted octanol–water partition coefficient (Wildman–Crippen LogP) is 4.04. The molecular formula is C24H30N4O4S. The van der Waals surface area contributed by atoms with E-state index in [1.165, 1.54) is 0 Å². The molecule has 176 valence electrons. The molecule has 1 aromatic heterocycles. The number of amides is 1. The zero-order chi connectivity index (χ0) is 24.0. The molecule has 0 fully saturated rings. The quantitative estimate of drug-likeness (QED) is 0.462. The fraction of sp³-hybridized carbons (Fsp3) is 0.375. The van der Waals surface area contributed by atoms with Crippen LogP contribution in [0.5, 0.6) is 0 Å². The van der Waals surface area contributed by atoms with Crippen LogP contribution in [-0.2, 0) is 27.7 Å². The van der Waals surface area contributed by atoms with Crippen molar-refractivity contribution in [3.8, 4) is 0 Å². The van der Waals surface area contributed by atoms with Crippen molar-refractivity contribution in [1.82, 2.24) is 14.9 Å². The number of hydrogen-bond donors (Lipinski definition) is 2. The van der Waals surface area contributed by atoms with Gasteiger partial charge in [-0.1, -0.05) is 43.3 Å². The van der Waals surface area contributed by atoms with Crippen LogP contribution >= 0.6 is 0 Å². The molecule has 3 aromatic rings. The summed E-state index contributed by atoms with van der Waals surface area (Å²) in [6, 6.07) is 13.9. The van der Waals surface area contributed by atoms with E-state index in [0.717, 1.165) is 11.1 Å². The molecule has 0 spiro atoms. The van der Waals surface area contributed by atoms with Crippen molar-refractivity contribution >= 4 is 21.6 Å². The fourth-order valence-corrected chi connectivity index (χ4v) is 4.41. The molecule has 2 N–H and O–H groups in total. The van der Waals surface area contributed by atoms with Gasteiger partial charge < -0.3 is 9.84 Å². The maximum atomic E-state index is 12.3. The minimum absolute atomic E-state index is 0.110. The van der Waals surface area contributed by atoms with E-state index in [-0.39, 0.29) is 22.8 Å². The van der Waals surface area contributed by atoms with Crippen LogP contribution in [0.15, 0.2) is 57.9 Å². The lowest BCUT2D eigenvalue weighted by Gasteiger charge is -2.10. The highest BCUT2D eigenvalue weighted by atomic mass is 32.2. The van der Waals surface area contributed by atoms with Gasteiger partial charge >= 0.3 is 0 Å². The van der Waals surface area contributed by atoms with Crippen LogP contribution < -0.4 is 10.0 Å². The van der Waals surface area contributed by atoms with E-state index in [1.54, 1.807) is 38.1 Å². The lowest BCUT2D eigenvalue weighted by molar-refractivity contribution is -0.116. The first kappa shape index (κ1) is 24.6. The molecule has 0 atom stereocenters. The molecule has 9 heteroatoms. The monoisotopic (exact) mass is 470 g/mol. The number of carbonyl (C=O) groups is 1. The van der Waals surface area contributed by atoms with Crippen molar-refractivity contribution in [2.75, 3.05) is 5.32 Å². The molecule has 0 unspecified atom stereocenters. The third-order valence-corrected chi connectivity index (χ3v) is 6.52. The smallest absolute Gasteiger partial charge is 0.240 e. The van der Waals surface area contributed by atoms with Crippen molar-refractivity contribution in [1.29, 1.82) is 0 Å². The van der Waals surface area contributed by atoms with Crippen LogP contribution in [0.2, 0.25) is 0 Å². The summed E-state index contributed by atoms with van der Waals surface area (Å²) in [7, 11) is -3.52. The van der Waals surface area contributed by atoms with Gasteiger partial charge in [-0.2, -0.15) is 4.98 Å². The third-order valence-electron chi connectivity index (χ3n) is 4.84. The summed E-state index contributed by atoms with van der Waals surface area (Å²) in [6.07, 6.45) is 1.36. The van der Waals surface area contributed by atoms with Crippen molar-refractivity contribution in [2.45, 2.75) is 63.8 Å². The molecule has 3 rings (SSSR count). The van der Waals surface area contributed by atoms with E-state index in [2.05, 4.69) is 20.2 Å². The summed E-state index contributed by atoms with van der Waals surface area (Å²) in [5, 5.41) is 6.88. The van der Waals surface area contributed by atoms with Crippen LogP contribution in [0.1, 0.15) is 62.9 Å². The summed E-state index contributed by atoms with van der Waals surface area (Å²) in [5.74, 6) is 1.34. The van der Waals surface area contributed by atoms with Gasteiger partial charge in [-0.3, -0.25) is 4.79 Å². The topological polar surface area (TPSA) is 114 Å². The number of rotatable bonds is 10. The number of hydrogen-bond acceptors (Lipinski definition) is 6. The molecule has 0 saturated heterocycles. The lowest BCUT2D eigenvalue weighted by Crippen LogP contribution is -2.30. The number of nitrogens with one attached hydrogen (secondary N) is 2. The number of aromatic nitrogens is 2. The lowest BCUT2D eigenvalue weighted by atomic mass is 10.1. The molecule has 33 heavy (non-hydrogen) atoms. The number of nitrogens with zero attached hydrogens (tertiary/aromatic N) is 2. The second kappa shape index (κ2) is 10.7. The van der Waals surface area contributed by atoms with Gasteiger partial charge in [0, 0.05) is 30.5 Å². The largest absolute Gasteiger partial charge is 0.339 e. The molecule has 8 nitrogen and oxygen atoms in total. The fourth-order valence-electron chi connectivity index (χ4n) is 3.16. The molecular weight excluding hydrogens is 440 g/mol. The van der Waals surface area contributed by atoms with Gasteiger partial charge in [-0.25, -0.2) is 13.1 Å². The minimum atomic E-state index is -3.52. The number of sulfonamides is 1. The van der Waals surface area contributed by atoms with Crippen molar-refractivity contribution in [2.24, 2.45) is 0 Å². The molecule has 0 aliphatic rings. The zero-order valence-corrected chi connectivity index (χ0v) is 20.1. The summed E-state index contributed by atoms with van der Waals surface area (Å²) in [5.41, 5.74) is 2.62. The Bertz CT molecular complexity index is 1170. The normalized spacial score (nSPS) is 11.8. The Balaban J connectivity index is 1.49. The highest BCUT2D eigenvalue weighted by Crippen LogP contribution is 2.16. The minimum Gasteiger partial charge on any atom is -0.339 e. The third kappa shape index (κ3) is 7.23. The van der Waals surface area contributed by atoms with Gasteiger partial charge in [-0.15, -0.1) is 0 Å². The second-order valence-corrected chi connectivity index (χ2v) is 10.3. The average molecular weight is 471 g/mol. The van der Waals surface area contributed by atoms with E-state index >= 15 is 0 Å². The van der Waals surface area contributed by atoms with E-state index in [9.17, 15) is 13.2 Å². The first-order chi connectivity index (χ1) is 15.6. The predicted molar refractivity (Wildman–Crippen MR) is 126 cm³/mol. The molecule has 0 aliphatic heterocycles. The SMILES string of the molecule is CC(C)NS(=O)(=O)c1ccc(CCC(=O)Nc2ccc(Cc3noc(C(C)C)n3)cc2)cc1. The molecule has 0 aliphatic carbocycles. The Labute approximate surface area is 194 Å². The number of anilines is 1. The summed E-state index contributed by atoms with van der Waals surface area (Å²) < 4.78 is 32.2. The van der Waals surface area contributed by atoms with Gasteiger partial charge in [0.1, 0.15) is 0 Å². The number of aryl methyl sites for hydroxylation is 1. The summed E-state index contributed by atoms with van der Waals surface area (Å²) >= 11 is 0. The first-order valence-corrected chi connectivity index (χ1v) is 12.4. The van der Waals surface area contributed by atoms with E-state index < -0.39 is 10.0 Å². The van der Waals surface area contributed by atoms with Crippen LogP contribution in [0.25, 0.3) is 0 Å². The number of carbonyl (C=O) groups excluding carboxylic acids is 1. The van der Waals surface area contributed by atoms with Crippen molar-refractivity contribution in [3.05, 3.63) is 71.4 Å². The summed E-state index contributed by atoms with van der Waals surface area (Å²) in [6.45, 7) is 7.54. The van der Waals surface area contributed by atoms with Gasteiger partial charge in [0.2, 0.25) is 21.8 Å². The van der Waals surface area contributed by atoms with Crippen LogP contribution in [0, 0.1) is 0 Å². The summed E-state index contributed by atoms with van der Waals surface area (Å²) in [4.78, 5) is 16.9. The Morgan fingerprint density at radius 3 is 2.18 bits per heavy atom. The van der Waals surface area contributed by atoms with Crippen LogP contribution in [-0.4, -0.2) is 30.5 Å². The first-order valence-electron chi connectivity index (χ1n) is 10.9. The Hall–Kier alpha value is -3.04. The van der Waals surface area contributed by atoms with Crippen molar-refractivity contribution in [3.63, 3.8) is 0 Å². The van der Waals surface area contributed by atoms with E-state index in [1.807, 2.05) is 38.1 Å². The molecule has 0 bridgehead atoms. The Morgan fingerprint density at radius 1 is 0.970 bits per heavy atom. The van der Waals surface area contributed by atoms with Gasteiger partial charge in [0.05, 0.1) is 4.90 Å². The van der Waals surface area contributed by atoms with Gasteiger partial charge in [0.25, 0.3) is 0 Å². The zero-order valence-electron chi connectivity index (χ0n) is 19.3. The average Bonchev–Trinajstić information content (AvgIpc) is 3.22. The standard InChI is InChI=1S/C24H30N4O4S/c1-16(2)24-26-22(27-32-24)15-19-5-10-20(11-6-19)25-23(29)14-9-18-7-12-21(13-8-18)33(30,31)28-17(3)4/h5-8,10-13,16-17,28H,9,14-15H2,1-4H3,(H,25,29). The van der Waals surface area contributed by atoms with Crippen molar-refractivity contribution < 1.29 is 17.7 Å². The molecule has 2 aromatic carbocycles. The maximum absolute atomic E-state index is 12.3. The van der Waals surface area contributed by atoms with E-state index in [0.29, 0.717) is 36.7 Å². The van der Waals surface area contributed by atoms with Gasteiger partial charge in [-0.05, 0) is 55.7 Å². The Morgan fingerprint density at radius 2 is 1.61 bits per heavy atom. The highest BCUT2D eigenvalue weighted by molar-refractivity contribution is 7.89. The molecule has 0 radical (unpaired) electrons. The van der Waals surface area contributed by atoms with E-state index in [4.69, 9.17) is 4.52 Å². The van der Waals surface area contributed by atoms with Crippen LogP contribution in [0.4, 0.5) is 5.69 Å². The van der Waals surface area contributed by atoms with Crippen LogP contribution in [0.3, 0.4) is 0 Å². The molecule has 1 heterocycles.